The highest BCUT2D eigenvalue weighted by Gasteiger charge is 2.22. The van der Waals surface area contributed by atoms with E-state index in [9.17, 15) is 9.59 Å². The van der Waals surface area contributed by atoms with Crippen molar-refractivity contribution in [2.75, 3.05) is 32.1 Å². The highest BCUT2D eigenvalue weighted by atomic mass is 16.5. The lowest BCUT2D eigenvalue weighted by Gasteiger charge is -2.34. The number of nitrogens with one attached hydrogen (secondary N) is 2. The lowest BCUT2D eigenvalue weighted by molar-refractivity contribution is -0.136. The Balaban J connectivity index is 1.73. The first-order valence-corrected chi connectivity index (χ1v) is 8.47. The van der Waals surface area contributed by atoms with Crippen molar-refractivity contribution in [3.8, 4) is 5.75 Å². The fourth-order valence-corrected chi connectivity index (χ4v) is 2.85. The number of rotatable bonds is 5. The monoisotopic (exact) mass is 333 g/mol. The number of benzene rings is 1. The van der Waals surface area contributed by atoms with Gasteiger partial charge in [0.25, 0.3) is 0 Å². The second-order valence-electron chi connectivity index (χ2n) is 6.47. The number of likely N-dealkylation sites (tertiary alicyclic amines) is 1. The number of hydrogen-bond acceptors (Lipinski definition) is 4. The van der Waals surface area contributed by atoms with Crippen LogP contribution in [0.5, 0.6) is 5.75 Å². The molecule has 1 fully saturated rings. The Morgan fingerprint density at radius 3 is 2.33 bits per heavy atom. The molecule has 0 unspecified atom stereocenters. The maximum absolute atomic E-state index is 11.9. The zero-order valence-corrected chi connectivity index (χ0v) is 14.7. The smallest absolute Gasteiger partial charge is 0.313 e. The Labute approximate surface area is 143 Å². The van der Waals surface area contributed by atoms with Crippen molar-refractivity contribution in [3.05, 3.63) is 24.3 Å². The molecule has 0 radical (unpaired) electrons. The summed E-state index contributed by atoms with van der Waals surface area (Å²) in [7, 11) is 1.58. The van der Waals surface area contributed by atoms with E-state index in [2.05, 4.69) is 29.4 Å². The summed E-state index contributed by atoms with van der Waals surface area (Å²) in [5.41, 5.74) is 0.571. The number of carbonyl (C=O) groups is 2. The SMILES string of the molecule is COc1ccc(NC(=O)C(=O)NCC2CCN(C(C)C)CC2)cc1. The van der Waals surface area contributed by atoms with Gasteiger partial charge in [-0.1, -0.05) is 0 Å². The largest absolute Gasteiger partial charge is 0.497 e. The minimum Gasteiger partial charge on any atom is -0.497 e. The Morgan fingerprint density at radius 2 is 1.79 bits per heavy atom. The molecular formula is C18H27N3O3. The molecule has 2 N–H and O–H groups in total. The van der Waals surface area contributed by atoms with Crippen LogP contribution in [-0.2, 0) is 9.59 Å². The molecule has 1 aliphatic rings. The summed E-state index contributed by atoms with van der Waals surface area (Å²) >= 11 is 0. The van der Waals surface area contributed by atoms with Gasteiger partial charge >= 0.3 is 11.8 Å². The van der Waals surface area contributed by atoms with Crippen molar-refractivity contribution in [2.24, 2.45) is 5.92 Å². The van der Waals surface area contributed by atoms with Gasteiger partial charge in [-0.25, -0.2) is 0 Å². The topological polar surface area (TPSA) is 70.7 Å². The molecular weight excluding hydrogens is 306 g/mol. The van der Waals surface area contributed by atoms with Gasteiger partial charge in [-0.05, 0) is 70.0 Å². The highest BCUT2D eigenvalue weighted by Crippen LogP contribution is 2.18. The van der Waals surface area contributed by atoms with E-state index >= 15 is 0 Å². The zero-order valence-electron chi connectivity index (χ0n) is 14.7. The van der Waals surface area contributed by atoms with Gasteiger partial charge in [0.15, 0.2) is 0 Å². The molecule has 1 heterocycles. The molecule has 1 aromatic rings. The van der Waals surface area contributed by atoms with Crippen molar-refractivity contribution < 1.29 is 14.3 Å². The second kappa shape index (κ2) is 8.68. The molecule has 0 aromatic heterocycles. The summed E-state index contributed by atoms with van der Waals surface area (Å²) in [4.78, 5) is 26.3. The summed E-state index contributed by atoms with van der Waals surface area (Å²) in [6.45, 7) is 7.06. The number of methoxy groups -OCH3 is 1. The quantitative estimate of drug-likeness (QED) is 0.807. The van der Waals surface area contributed by atoms with Gasteiger partial charge < -0.3 is 20.3 Å². The Kier molecular flexibility index (Phi) is 6.61. The van der Waals surface area contributed by atoms with Crippen LogP contribution in [0.1, 0.15) is 26.7 Å². The second-order valence-corrected chi connectivity index (χ2v) is 6.47. The van der Waals surface area contributed by atoms with Crippen LogP contribution >= 0.6 is 0 Å². The maximum Gasteiger partial charge on any atom is 0.313 e. The molecule has 0 saturated carbocycles. The van der Waals surface area contributed by atoms with Gasteiger partial charge in [-0.3, -0.25) is 9.59 Å². The summed E-state index contributed by atoms with van der Waals surface area (Å²) in [5, 5.41) is 5.33. The first kappa shape index (κ1) is 18.3. The molecule has 132 valence electrons. The van der Waals surface area contributed by atoms with E-state index in [1.54, 1.807) is 31.4 Å². The summed E-state index contributed by atoms with van der Waals surface area (Å²) in [6, 6.07) is 7.43. The lowest BCUT2D eigenvalue weighted by atomic mass is 9.96. The minimum atomic E-state index is -0.639. The Morgan fingerprint density at radius 1 is 1.17 bits per heavy atom. The predicted octanol–water partition coefficient (Wildman–Crippen LogP) is 1.87. The summed E-state index contributed by atoms with van der Waals surface area (Å²) in [5.74, 6) is -0.0835. The normalized spacial score (nSPS) is 16.0. The number of anilines is 1. The van der Waals surface area contributed by atoms with Gasteiger partial charge in [0.2, 0.25) is 0 Å². The Bertz CT molecular complexity index is 549. The van der Waals surface area contributed by atoms with E-state index in [1.165, 1.54) is 0 Å². The van der Waals surface area contributed by atoms with E-state index in [1.807, 2.05) is 0 Å². The van der Waals surface area contributed by atoms with Crippen molar-refractivity contribution >= 4 is 17.5 Å². The zero-order chi connectivity index (χ0) is 17.5. The van der Waals surface area contributed by atoms with Gasteiger partial charge in [-0.2, -0.15) is 0 Å². The first-order chi connectivity index (χ1) is 11.5. The molecule has 2 rings (SSSR count). The molecule has 24 heavy (non-hydrogen) atoms. The van der Waals surface area contributed by atoms with Crippen LogP contribution in [0.15, 0.2) is 24.3 Å². The van der Waals surface area contributed by atoms with Crippen molar-refractivity contribution in [3.63, 3.8) is 0 Å². The van der Waals surface area contributed by atoms with Gasteiger partial charge in [0.1, 0.15) is 5.75 Å². The number of nitrogens with zero attached hydrogens (tertiary/aromatic N) is 1. The third kappa shape index (κ3) is 5.23. The average Bonchev–Trinajstić information content (AvgIpc) is 2.60. The maximum atomic E-state index is 11.9. The lowest BCUT2D eigenvalue weighted by Crippen LogP contribution is -2.43. The molecule has 6 heteroatoms. The van der Waals surface area contributed by atoms with Crippen LogP contribution in [0.3, 0.4) is 0 Å². The van der Waals surface area contributed by atoms with Crippen LogP contribution in [-0.4, -0.2) is 49.5 Å². The number of carbonyl (C=O) groups excluding carboxylic acids is 2. The molecule has 0 aliphatic carbocycles. The minimum absolute atomic E-state index is 0.442. The van der Waals surface area contributed by atoms with E-state index in [4.69, 9.17) is 4.74 Å². The summed E-state index contributed by atoms with van der Waals surface area (Å²) < 4.78 is 5.05. The fraction of sp³-hybridized carbons (Fsp3) is 0.556. The van der Waals surface area contributed by atoms with Gasteiger partial charge in [-0.15, -0.1) is 0 Å². The molecule has 1 saturated heterocycles. The first-order valence-electron chi connectivity index (χ1n) is 8.47. The van der Waals surface area contributed by atoms with E-state index in [0.29, 0.717) is 29.9 Å². The van der Waals surface area contributed by atoms with Crippen LogP contribution in [0, 0.1) is 5.92 Å². The van der Waals surface area contributed by atoms with E-state index in [-0.39, 0.29) is 0 Å². The van der Waals surface area contributed by atoms with Crippen LogP contribution in [0.2, 0.25) is 0 Å². The molecule has 0 atom stereocenters. The average molecular weight is 333 g/mol. The molecule has 1 aliphatic heterocycles. The number of amides is 2. The number of hydrogen-bond donors (Lipinski definition) is 2. The molecule has 2 amide bonds. The van der Waals surface area contributed by atoms with Crippen LogP contribution < -0.4 is 15.4 Å². The molecule has 0 bridgehead atoms. The molecule has 1 aromatic carbocycles. The van der Waals surface area contributed by atoms with Crippen LogP contribution in [0.4, 0.5) is 5.69 Å². The number of piperidine rings is 1. The van der Waals surface area contributed by atoms with E-state index < -0.39 is 11.8 Å². The molecule has 0 spiro atoms. The van der Waals surface area contributed by atoms with Gasteiger partial charge in [0, 0.05) is 18.3 Å². The highest BCUT2D eigenvalue weighted by molar-refractivity contribution is 6.39. The third-order valence-corrected chi connectivity index (χ3v) is 4.48. The fourth-order valence-electron chi connectivity index (χ4n) is 2.85. The standard InChI is InChI=1S/C18H27N3O3/c1-13(2)21-10-8-14(9-11-21)12-19-17(22)18(23)20-15-4-6-16(24-3)7-5-15/h4-7,13-14H,8-12H2,1-3H3,(H,19,22)(H,20,23). The third-order valence-electron chi connectivity index (χ3n) is 4.48. The Hall–Kier alpha value is -2.08. The van der Waals surface area contributed by atoms with Gasteiger partial charge in [0.05, 0.1) is 7.11 Å². The van der Waals surface area contributed by atoms with Crippen molar-refractivity contribution in [2.45, 2.75) is 32.7 Å². The predicted molar refractivity (Wildman–Crippen MR) is 94.1 cm³/mol. The van der Waals surface area contributed by atoms with Crippen molar-refractivity contribution in [1.29, 1.82) is 0 Å². The number of ether oxygens (including phenoxy) is 1. The van der Waals surface area contributed by atoms with E-state index in [0.717, 1.165) is 25.9 Å². The van der Waals surface area contributed by atoms with Crippen LogP contribution in [0.25, 0.3) is 0 Å². The van der Waals surface area contributed by atoms with Crippen molar-refractivity contribution in [1.82, 2.24) is 10.2 Å². The summed E-state index contributed by atoms with van der Waals surface area (Å²) in [6.07, 6.45) is 2.11. The molecule has 6 nitrogen and oxygen atoms in total.